The summed E-state index contributed by atoms with van der Waals surface area (Å²) in [5.74, 6) is -0.111. The van der Waals surface area contributed by atoms with Crippen molar-refractivity contribution in [3.63, 3.8) is 0 Å². The van der Waals surface area contributed by atoms with Gasteiger partial charge in [-0.25, -0.2) is 17.9 Å². The SMILES string of the molecule is COC(=O)c1sccc1S(=O)(=O)NCCC1CCNC1. The van der Waals surface area contributed by atoms with Crippen molar-refractivity contribution in [1.29, 1.82) is 0 Å². The number of ether oxygens (including phenoxy) is 1. The lowest BCUT2D eigenvalue weighted by Crippen LogP contribution is -2.27. The van der Waals surface area contributed by atoms with E-state index in [1.54, 1.807) is 5.38 Å². The molecule has 0 saturated carbocycles. The van der Waals surface area contributed by atoms with E-state index in [1.807, 2.05) is 0 Å². The molecule has 0 radical (unpaired) electrons. The van der Waals surface area contributed by atoms with Gasteiger partial charge in [0, 0.05) is 6.54 Å². The van der Waals surface area contributed by atoms with E-state index in [0.29, 0.717) is 12.5 Å². The van der Waals surface area contributed by atoms with E-state index >= 15 is 0 Å². The Balaban J connectivity index is 1.99. The van der Waals surface area contributed by atoms with Crippen LogP contribution >= 0.6 is 11.3 Å². The number of hydrogen-bond acceptors (Lipinski definition) is 6. The minimum atomic E-state index is -3.66. The predicted octanol–water partition coefficient (Wildman–Crippen LogP) is 0.813. The molecule has 20 heavy (non-hydrogen) atoms. The van der Waals surface area contributed by atoms with Crippen LogP contribution in [0.4, 0.5) is 0 Å². The van der Waals surface area contributed by atoms with Crippen LogP contribution in [-0.4, -0.2) is 41.1 Å². The molecular weight excluding hydrogens is 300 g/mol. The summed E-state index contributed by atoms with van der Waals surface area (Å²) in [6.07, 6.45) is 1.87. The molecule has 0 spiro atoms. The summed E-state index contributed by atoms with van der Waals surface area (Å²) in [5, 5.41) is 4.81. The average molecular weight is 318 g/mol. The van der Waals surface area contributed by atoms with Crippen LogP contribution in [0, 0.1) is 5.92 Å². The maximum absolute atomic E-state index is 12.2. The monoisotopic (exact) mass is 318 g/mol. The highest BCUT2D eigenvalue weighted by atomic mass is 32.2. The van der Waals surface area contributed by atoms with Crippen LogP contribution in [0.15, 0.2) is 16.3 Å². The van der Waals surface area contributed by atoms with Crippen molar-refractivity contribution in [2.45, 2.75) is 17.7 Å². The first-order chi connectivity index (χ1) is 9.54. The second kappa shape index (κ2) is 6.66. The van der Waals surface area contributed by atoms with Crippen molar-refractivity contribution < 1.29 is 17.9 Å². The molecule has 1 atom stereocenters. The number of hydrogen-bond donors (Lipinski definition) is 2. The fraction of sp³-hybridized carbons (Fsp3) is 0.583. The topological polar surface area (TPSA) is 84.5 Å². The van der Waals surface area contributed by atoms with Gasteiger partial charge in [-0.1, -0.05) is 0 Å². The van der Waals surface area contributed by atoms with E-state index < -0.39 is 16.0 Å². The second-order valence-electron chi connectivity index (χ2n) is 4.65. The van der Waals surface area contributed by atoms with E-state index in [2.05, 4.69) is 14.8 Å². The Morgan fingerprint density at radius 2 is 2.40 bits per heavy atom. The highest BCUT2D eigenvalue weighted by molar-refractivity contribution is 7.89. The van der Waals surface area contributed by atoms with Gasteiger partial charge < -0.3 is 10.1 Å². The molecule has 1 aliphatic heterocycles. The van der Waals surface area contributed by atoms with Crippen molar-refractivity contribution >= 4 is 27.3 Å². The van der Waals surface area contributed by atoms with Crippen LogP contribution in [0.3, 0.4) is 0 Å². The largest absolute Gasteiger partial charge is 0.465 e. The molecule has 1 fully saturated rings. The van der Waals surface area contributed by atoms with E-state index in [-0.39, 0.29) is 9.77 Å². The van der Waals surface area contributed by atoms with E-state index in [0.717, 1.165) is 37.3 Å². The molecule has 2 rings (SSSR count). The molecule has 0 bridgehead atoms. The molecule has 1 saturated heterocycles. The van der Waals surface area contributed by atoms with Crippen LogP contribution < -0.4 is 10.0 Å². The number of methoxy groups -OCH3 is 1. The van der Waals surface area contributed by atoms with Gasteiger partial charge >= 0.3 is 5.97 Å². The average Bonchev–Trinajstić information content (AvgIpc) is 3.08. The molecule has 1 aromatic rings. The Morgan fingerprint density at radius 3 is 3.05 bits per heavy atom. The van der Waals surface area contributed by atoms with Gasteiger partial charge in [-0.05, 0) is 43.3 Å². The Hall–Kier alpha value is -0.960. The van der Waals surface area contributed by atoms with E-state index in [1.165, 1.54) is 13.2 Å². The summed E-state index contributed by atoms with van der Waals surface area (Å²) < 4.78 is 31.5. The highest BCUT2D eigenvalue weighted by Gasteiger charge is 2.24. The van der Waals surface area contributed by atoms with E-state index in [4.69, 9.17) is 0 Å². The molecule has 0 aliphatic carbocycles. The number of nitrogens with one attached hydrogen (secondary N) is 2. The molecule has 8 heteroatoms. The molecule has 2 heterocycles. The van der Waals surface area contributed by atoms with Crippen LogP contribution in [0.2, 0.25) is 0 Å². The fourth-order valence-electron chi connectivity index (χ4n) is 2.19. The van der Waals surface area contributed by atoms with Crippen LogP contribution in [0.25, 0.3) is 0 Å². The minimum absolute atomic E-state index is 0.00102. The first kappa shape index (κ1) is 15.4. The standard InChI is InChI=1S/C12H18N2O4S2/c1-18-12(15)11-10(4-7-19-11)20(16,17)14-6-3-9-2-5-13-8-9/h4,7,9,13-14H,2-3,5-6,8H2,1H3. The number of carbonyl (C=O) groups excluding carboxylic acids is 1. The number of rotatable bonds is 6. The van der Waals surface area contributed by atoms with Crippen molar-refractivity contribution in [1.82, 2.24) is 10.0 Å². The zero-order valence-electron chi connectivity index (χ0n) is 11.2. The lowest BCUT2D eigenvalue weighted by molar-refractivity contribution is 0.0602. The molecule has 0 aromatic carbocycles. The Morgan fingerprint density at radius 1 is 1.60 bits per heavy atom. The van der Waals surface area contributed by atoms with Gasteiger partial charge in [-0.2, -0.15) is 0 Å². The zero-order chi connectivity index (χ0) is 14.6. The number of esters is 1. The molecular formula is C12H18N2O4S2. The summed E-state index contributed by atoms with van der Waals surface area (Å²) in [7, 11) is -2.42. The first-order valence-corrected chi connectivity index (χ1v) is 8.77. The Kier molecular flexibility index (Phi) is 5.14. The molecule has 0 amide bonds. The third-order valence-electron chi connectivity index (χ3n) is 3.30. The van der Waals surface area contributed by atoms with Gasteiger partial charge in [0.05, 0.1) is 7.11 Å². The third kappa shape index (κ3) is 3.57. The smallest absolute Gasteiger partial charge is 0.349 e. The lowest BCUT2D eigenvalue weighted by Gasteiger charge is -2.10. The summed E-state index contributed by atoms with van der Waals surface area (Å²) >= 11 is 1.06. The van der Waals surface area contributed by atoms with Crippen LogP contribution in [0.5, 0.6) is 0 Å². The van der Waals surface area contributed by atoms with Gasteiger partial charge in [-0.3, -0.25) is 0 Å². The van der Waals surface area contributed by atoms with Gasteiger partial charge in [0.25, 0.3) is 0 Å². The van der Waals surface area contributed by atoms with Gasteiger partial charge in [-0.15, -0.1) is 11.3 Å². The van der Waals surface area contributed by atoms with Crippen LogP contribution in [0.1, 0.15) is 22.5 Å². The fourth-order valence-corrected chi connectivity index (χ4v) is 4.57. The quantitative estimate of drug-likeness (QED) is 0.758. The molecule has 1 unspecified atom stereocenters. The molecule has 1 aromatic heterocycles. The predicted molar refractivity (Wildman–Crippen MR) is 76.4 cm³/mol. The van der Waals surface area contributed by atoms with Gasteiger partial charge in [0.15, 0.2) is 0 Å². The maximum atomic E-state index is 12.2. The molecule has 2 N–H and O–H groups in total. The number of carbonyl (C=O) groups is 1. The number of sulfonamides is 1. The summed E-state index contributed by atoms with van der Waals surface area (Å²) in [5.41, 5.74) is 0. The molecule has 6 nitrogen and oxygen atoms in total. The van der Waals surface area contributed by atoms with Crippen molar-refractivity contribution in [2.24, 2.45) is 5.92 Å². The highest BCUT2D eigenvalue weighted by Crippen LogP contribution is 2.22. The molecule has 1 aliphatic rings. The lowest BCUT2D eigenvalue weighted by atomic mass is 10.1. The van der Waals surface area contributed by atoms with Crippen LogP contribution in [-0.2, 0) is 14.8 Å². The third-order valence-corrected chi connectivity index (χ3v) is 5.82. The first-order valence-electron chi connectivity index (χ1n) is 6.41. The minimum Gasteiger partial charge on any atom is -0.465 e. The Bertz CT molecular complexity index is 562. The van der Waals surface area contributed by atoms with Gasteiger partial charge in [0.2, 0.25) is 10.0 Å². The van der Waals surface area contributed by atoms with E-state index in [9.17, 15) is 13.2 Å². The van der Waals surface area contributed by atoms with Crippen molar-refractivity contribution in [3.05, 3.63) is 16.3 Å². The van der Waals surface area contributed by atoms with Crippen molar-refractivity contribution in [2.75, 3.05) is 26.7 Å². The van der Waals surface area contributed by atoms with Crippen molar-refractivity contribution in [3.8, 4) is 0 Å². The summed E-state index contributed by atoms with van der Waals surface area (Å²) in [6, 6.07) is 1.43. The second-order valence-corrected chi connectivity index (χ2v) is 7.30. The Labute approximate surface area is 122 Å². The molecule has 112 valence electrons. The summed E-state index contributed by atoms with van der Waals surface area (Å²) in [6.45, 7) is 2.31. The summed E-state index contributed by atoms with van der Waals surface area (Å²) in [4.78, 5) is 11.6. The van der Waals surface area contributed by atoms with Gasteiger partial charge in [0.1, 0.15) is 9.77 Å². The normalized spacial score (nSPS) is 19.1. The zero-order valence-corrected chi connectivity index (χ0v) is 12.9. The maximum Gasteiger partial charge on any atom is 0.349 e. The number of thiophene rings is 1.